The number of rotatable bonds is 4. The van der Waals surface area contributed by atoms with Crippen molar-refractivity contribution in [1.29, 1.82) is 0 Å². The summed E-state index contributed by atoms with van der Waals surface area (Å²) in [6.07, 6.45) is 4.30. The van der Waals surface area contributed by atoms with Gasteiger partial charge in [0.15, 0.2) is 11.6 Å². The van der Waals surface area contributed by atoms with Gasteiger partial charge in [0.1, 0.15) is 6.04 Å². The lowest BCUT2D eigenvalue weighted by Crippen LogP contribution is -2.46. The van der Waals surface area contributed by atoms with Crippen LogP contribution >= 0.6 is 0 Å². The SMILES string of the molecule is O=C(N[C@@H](C(=O)O)C1CCCCC1)c1cccc(F)c1F. The molecule has 0 spiro atoms. The van der Waals surface area contributed by atoms with Gasteiger partial charge in [0, 0.05) is 0 Å². The van der Waals surface area contributed by atoms with Crippen LogP contribution in [0.25, 0.3) is 0 Å². The fraction of sp³-hybridized carbons (Fsp3) is 0.467. The lowest BCUT2D eigenvalue weighted by atomic mass is 9.84. The number of nitrogens with one attached hydrogen (secondary N) is 1. The Morgan fingerprint density at radius 2 is 1.86 bits per heavy atom. The third-order valence-electron chi connectivity index (χ3n) is 3.87. The maximum absolute atomic E-state index is 13.6. The Kier molecular flexibility index (Phi) is 4.88. The Morgan fingerprint density at radius 3 is 2.48 bits per heavy atom. The normalized spacial score (nSPS) is 17.2. The van der Waals surface area contributed by atoms with E-state index in [1.807, 2.05) is 0 Å². The number of carbonyl (C=O) groups excluding carboxylic acids is 1. The molecule has 0 bridgehead atoms. The lowest BCUT2D eigenvalue weighted by Gasteiger charge is -2.28. The van der Waals surface area contributed by atoms with E-state index < -0.39 is 35.1 Å². The molecular formula is C15H17F2NO3. The average Bonchev–Trinajstić information content (AvgIpc) is 2.48. The Balaban J connectivity index is 2.14. The van der Waals surface area contributed by atoms with Gasteiger partial charge < -0.3 is 10.4 Å². The standard InChI is InChI=1S/C15H17F2NO3/c16-11-8-4-7-10(12(11)17)14(19)18-13(15(20)21)9-5-2-1-3-6-9/h4,7-9,13H,1-3,5-6H2,(H,18,19)(H,20,21)/t13-/m1/s1. The number of benzene rings is 1. The first kappa shape index (κ1) is 15.4. The smallest absolute Gasteiger partial charge is 0.326 e. The minimum atomic E-state index is -1.26. The van der Waals surface area contributed by atoms with E-state index in [4.69, 9.17) is 0 Å². The number of hydrogen-bond acceptors (Lipinski definition) is 2. The van der Waals surface area contributed by atoms with Crippen LogP contribution in [0.15, 0.2) is 18.2 Å². The van der Waals surface area contributed by atoms with Gasteiger partial charge in [0.2, 0.25) is 0 Å². The van der Waals surface area contributed by atoms with E-state index in [0.29, 0.717) is 12.8 Å². The fourth-order valence-corrected chi connectivity index (χ4v) is 2.75. The zero-order valence-electron chi connectivity index (χ0n) is 11.4. The highest BCUT2D eigenvalue weighted by atomic mass is 19.2. The molecule has 114 valence electrons. The van der Waals surface area contributed by atoms with Crippen molar-refractivity contribution in [2.24, 2.45) is 5.92 Å². The number of carbonyl (C=O) groups is 2. The van der Waals surface area contributed by atoms with Crippen LogP contribution in [0.2, 0.25) is 0 Å². The molecule has 6 heteroatoms. The van der Waals surface area contributed by atoms with E-state index >= 15 is 0 Å². The van der Waals surface area contributed by atoms with Gasteiger partial charge in [-0.15, -0.1) is 0 Å². The zero-order chi connectivity index (χ0) is 15.4. The molecule has 0 heterocycles. The summed E-state index contributed by atoms with van der Waals surface area (Å²) in [6, 6.07) is 2.18. The molecule has 0 unspecified atom stereocenters. The third kappa shape index (κ3) is 3.56. The van der Waals surface area contributed by atoms with Gasteiger partial charge in [-0.3, -0.25) is 4.79 Å². The molecule has 1 saturated carbocycles. The summed E-state index contributed by atoms with van der Waals surface area (Å²) < 4.78 is 26.7. The van der Waals surface area contributed by atoms with Gasteiger partial charge in [-0.05, 0) is 30.9 Å². The van der Waals surface area contributed by atoms with Crippen molar-refractivity contribution in [3.05, 3.63) is 35.4 Å². The van der Waals surface area contributed by atoms with Crippen molar-refractivity contribution in [3.63, 3.8) is 0 Å². The summed E-state index contributed by atoms with van der Waals surface area (Å²) >= 11 is 0. The second-order valence-corrected chi connectivity index (χ2v) is 5.29. The minimum Gasteiger partial charge on any atom is -0.480 e. The van der Waals surface area contributed by atoms with E-state index in [-0.39, 0.29) is 5.92 Å². The van der Waals surface area contributed by atoms with Crippen molar-refractivity contribution in [2.75, 3.05) is 0 Å². The van der Waals surface area contributed by atoms with Gasteiger partial charge in [-0.2, -0.15) is 0 Å². The van der Waals surface area contributed by atoms with E-state index in [1.165, 1.54) is 6.07 Å². The predicted octanol–water partition coefficient (Wildman–Crippen LogP) is 2.73. The zero-order valence-corrected chi connectivity index (χ0v) is 11.4. The molecule has 1 aromatic rings. The molecule has 1 atom stereocenters. The summed E-state index contributed by atoms with van der Waals surface area (Å²) in [4.78, 5) is 23.3. The highest BCUT2D eigenvalue weighted by Gasteiger charge is 2.31. The third-order valence-corrected chi connectivity index (χ3v) is 3.87. The van der Waals surface area contributed by atoms with Crippen LogP contribution in [0.1, 0.15) is 42.5 Å². The van der Waals surface area contributed by atoms with Crippen LogP contribution in [-0.2, 0) is 4.79 Å². The van der Waals surface area contributed by atoms with Crippen LogP contribution in [-0.4, -0.2) is 23.0 Å². The Bertz CT molecular complexity index is 542. The highest BCUT2D eigenvalue weighted by Crippen LogP contribution is 2.27. The van der Waals surface area contributed by atoms with Crippen LogP contribution in [0, 0.1) is 17.6 Å². The van der Waals surface area contributed by atoms with Gasteiger partial charge in [-0.1, -0.05) is 25.3 Å². The molecule has 0 radical (unpaired) electrons. The summed E-state index contributed by atoms with van der Waals surface area (Å²) in [5.41, 5.74) is -0.475. The van der Waals surface area contributed by atoms with Crippen LogP contribution in [0.4, 0.5) is 8.78 Å². The molecule has 1 fully saturated rings. The number of halogens is 2. The molecule has 21 heavy (non-hydrogen) atoms. The summed E-state index contributed by atoms with van der Waals surface area (Å²) in [5.74, 6) is -4.61. The van der Waals surface area contributed by atoms with Crippen molar-refractivity contribution >= 4 is 11.9 Å². The van der Waals surface area contributed by atoms with Gasteiger partial charge in [-0.25, -0.2) is 13.6 Å². The second-order valence-electron chi connectivity index (χ2n) is 5.29. The topological polar surface area (TPSA) is 66.4 Å². The monoisotopic (exact) mass is 297 g/mol. The fourth-order valence-electron chi connectivity index (χ4n) is 2.75. The molecule has 4 nitrogen and oxygen atoms in total. The molecule has 0 saturated heterocycles. The molecule has 2 N–H and O–H groups in total. The van der Waals surface area contributed by atoms with Crippen molar-refractivity contribution in [3.8, 4) is 0 Å². The van der Waals surface area contributed by atoms with Gasteiger partial charge in [0.25, 0.3) is 5.91 Å². The van der Waals surface area contributed by atoms with Gasteiger partial charge >= 0.3 is 5.97 Å². The number of amides is 1. The molecule has 2 rings (SSSR count). The Morgan fingerprint density at radius 1 is 1.19 bits per heavy atom. The Labute approximate surface area is 121 Å². The second kappa shape index (κ2) is 6.65. The molecular weight excluding hydrogens is 280 g/mol. The van der Waals surface area contributed by atoms with Crippen molar-refractivity contribution in [1.82, 2.24) is 5.32 Å². The predicted molar refractivity (Wildman–Crippen MR) is 71.8 cm³/mol. The molecule has 1 aliphatic carbocycles. The average molecular weight is 297 g/mol. The first-order valence-electron chi connectivity index (χ1n) is 6.98. The first-order valence-corrected chi connectivity index (χ1v) is 6.98. The largest absolute Gasteiger partial charge is 0.480 e. The van der Waals surface area contributed by atoms with E-state index in [0.717, 1.165) is 31.4 Å². The maximum Gasteiger partial charge on any atom is 0.326 e. The van der Waals surface area contributed by atoms with Gasteiger partial charge in [0.05, 0.1) is 5.56 Å². The number of hydrogen-bond donors (Lipinski definition) is 2. The summed E-state index contributed by atoms with van der Waals surface area (Å²) in [5, 5.41) is 11.6. The summed E-state index contributed by atoms with van der Waals surface area (Å²) in [6.45, 7) is 0. The van der Waals surface area contributed by atoms with Crippen LogP contribution in [0.5, 0.6) is 0 Å². The molecule has 0 aromatic heterocycles. The maximum atomic E-state index is 13.6. The minimum absolute atomic E-state index is 0.170. The molecule has 1 amide bonds. The summed E-state index contributed by atoms with van der Waals surface area (Å²) in [7, 11) is 0. The Hall–Kier alpha value is -1.98. The van der Waals surface area contributed by atoms with E-state index in [1.54, 1.807) is 0 Å². The molecule has 0 aliphatic heterocycles. The number of carboxylic acids is 1. The number of carboxylic acid groups (broad SMARTS) is 1. The molecule has 1 aliphatic rings. The van der Waals surface area contributed by atoms with Crippen LogP contribution < -0.4 is 5.32 Å². The first-order chi connectivity index (χ1) is 10.0. The van der Waals surface area contributed by atoms with E-state index in [9.17, 15) is 23.5 Å². The van der Waals surface area contributed by atoms with Crippen LogP contribution in [0.3, 0.4) is 0 Å². The molecule has 1 aromatic carbocycles. The van der Waals surface area contributed by atoms with Crippen molar-refractivity contribution in [2.45, 2.75) is 38.1 Å². The van der Waals surface area contributed by atoms with E-state index in [2.05, 4.69) is 5.32 Å². The highest BCUT2D eigenvalue weighted by molar-refractivity contribution is 5.96. The quantitative estimate of drug-likeness (QED) is 0.898. The van der Waals surface area contributed by atoms with Crippen molar-refractivity contribution < 1.29 is 23.5 Å². The number of aliphatic carboxylic acids is 1. The lowest BCUT2D eigenvalue weighted by molar-refractivity contribution is -0.141.